The molecule has 2 aromatic rings. The number of hydrogen-bond donors (Lipinski definition) is 1. The molecule has 2 rings (SSSR count). The highest BCUT2D eigenvalue weighted by atomic mass is 32.1. The first-order valence-corrected chi connectivity index (χ1v) is 5.98. The Morgan fingerprint density at radius 2 is 2.41 bits per heavy atom. The van der Waals surface area contributed by atoms with E-state index >= 15 is 0 Å². The van der Waals surface area contributed by atoms with Gasteiger partial charge in [-0.05, 0) is 17.5 Å². The molecule has 0 saturated carbocycles. The summed E-state index contributed by atoms with van der Waals surface area (Å²) < 4.78 is 0. The van der Waals surface area contributed by atoms with Gasteiger partial charge in [0, 0.05) is 11.9 Å². The molecule has 86 valence electrons. The molecular formula is C12H12N4S. The van der Waals surface area contributed by atoms with Crippen LogP contribution in [0.5, 0.6) is 0 Å². The van der Waals surface area contributed by atoms with Crippen molar-refractivity contribution in [3.63, 3.8) is 0 Å². The average molecular weight is 244 g/mol. The van der Waals surface area contributed by atoms with Gasteiger partial charge in [-0.15, -0.1) is 11.3 Å². The molecule has 4 nitrogen and oxygen atoms in total. The average Bonchev–Trinajstić information content (AvgIpc) is 2.81. The van der Waals surface area contributed by atoms with Gasteiger partial charge in [-0.25, -0.2) is 4.98 Å². The highest BCUT2D eigenvalue weighted by Crippen LogP contribution is 2.21. The van der Waals surface area contributed by atoms with Crippen molar-refractivity contribution < 1.29 is 0 Å². The third-order valence-corrected chi connectivity index (χ3v) is 3.20. The van der Waals surface area contributed by atoms with Crippen LogP contribution < -0.4 is 10.6 Å². The largest absolute Gasteiger partial charge is 0.397 e. The van der Waals surface area contributed by atoms with E-state index < -0.39 is 0 Å². The summed E-state index contributed by atoms with van der Waals surface area (Å²) in [5.41, 5.74) is 6.62. The number of pyridine rings is 1. The highest BCUT2D eigenvalue weighted by molar-refractivity contribution is 7.09. The van der Waals surface area contributed by atoms with Crippen LogP contribution in [0.15, 0.2) is 29.8 Å². The van der Waals surface area contributed by atoms with Crippen LogP contribution in [0.3, 0.4) is 0 Å². The fourth-order valence-corrected chi connectivity index (χ4v) is 2.33. The third kappa shape index (κ3) is 2.55. The van der Waals surface area contributed by atoms with Crippen molar-refractivity contribution in [3.8, 4) is 6.07 Å². The summed E-state index contributed by atoms with van der Waals surface area (Å²) in [5.74, 6) is 0.662. The van der Waals surface area contributed by atoms with Crippen LogP contribution in [0.1, 0.15) is 10.4 Å². The van der Waals surface area contributed by atoms with Gasteiger partial charge in [0.2, 0.25) is 0 Å². The van der Waals surface area contributed by atoms with Crippen molar-refractivity contribution in [1.29, 1.82) is 5.26 Å². The summed E-state index contributed by atoms with van der Waals surface area (Å²) in [6, 6.07) is 7.83. The molecule has 0 amide bonds. The van der Waals surface area contributed by atoms with Crippen LogP contribution in [0.25, 0.3) is 0 Å². The Labute approximate surface area is 104 Å². The first-order chi connectivity index (χ1) is 8.20. The van der Waals surface area contributed by atoms with Gasteiger partial charge in [0.1, 0.15) is 11.9 Å². The molecule has 0 saturated heterocycles. The Morgan fingerprint density at radius 1 is 1.59 bits per heavy atom. The zero-order valence-electron chi connectivity index (χ0n) is 9.42. The molecule has 0 spiro atoms. The first-order valence-electron chi connectivity index (χ1n) is 5.10. The molecule has 0 fully saturated rings. The zero-order valence-corrected chi connectivity index (χ0v) is 10.2. The molecule has 0 atom stereocenters. The summed E-state index contributed by atoms with van der Waals surface area (Å²) >= 11 is 1.69. The lowest BCUT2D eigenvalue weighted by atomic mass is 10.2. The van der Waals surface area contributed by atoms with Gasteiger partial charge >= 0.3 is 0 Å². The van der Waals surface area contributed by atoms with Gasteiger partial charge in [0.05, 0.1) is 24.0 Å². The first kappa shape index (κ1) is 11.4. The van der Waals surface area contributed by atoms with E-state index in [0.29, 0.717) is 17.1 Å². The van der Waals surface area contributed by atoms with Crippen LogP contribution >= 0.6 is 11.3 Å². The number of aromatic nitrogens is 1. The molecule has 2 N–H and O–H groups in total. The molecule has 0 aliphatic heterocycles. The van der Waals surface area contributed by atoms with Gasteiger partial charge in [0.25, 0.3) is 0 Å². The minimum absolute atomic E-state index is 0.504. The predicted octanol–water partition coefficient (Wildman–Crippen LogP) is 2.23. The van der Waals surface area contributed by atoms with Crippen molar-refractivity contribution in [2.24, 2.45) is 0 Å². The van der Waals surface area contributed by atoms with Crippen molar-refractivity contribution in [1.82, 2.24) is 4.98 Å². The molecule has 17 heavy (non-hydrogen) atoms. The van der Waals surface area contributed by atoms with Crippen LogP contribution in [0.4, 0.5) is 11.5 Å². The van der Waals surface area contributed by atoms with Crippen LogP contribution in [-0.2, 0) is 6.54 Å². The highest BCUT2D eigenvalue weighted by Gasteiger charge is 2.10. The molecule has 0 aromatic carbocycles. The number of hydrogen-bond acceptors (Lipinski definition) is 5. The zero-order chi connectivity index (χ0) is 12.3. The maximum atomic E-state index is 9.05. The Balaban J connectivity index is 2.25. The van der Waals surface area contributed by atoms with Crippen LogP contribution in [0, 0.1) is 11.3 Å². The summed E-state index contributed by atoms with van der Waals surface area (Å²) in [4.78, 5) is 7.39. The van der Waals surface area contributed by atoms with Crippen molar-refractivity contribution in [2.75, 3.05) is 17.7 Å². The van der Waals surface area contributed by atoms with Crippen LogP contribution in [-0.4, -0.2) is 12.0 Å². The molecule has 0 bridgehead atoms. The number of nitrogens with zero attached hydrogens (tertiary/aromatic N) is 3. The normalized spacial score (nSPS) is 9.88. The van der Waals surface area contributed by atoms with E-state index in [2.05, 4.69) is 17.1 Å². The summed E-state index contributed by atoms with van der Waals surface area (Å²) in [7, 11) is 1.92. The van der Waals surface area contributed by atoms with E-state index in [0.717, 1.165) is 6.54 Å². The molecular weight excluding hydrogens is 232 g/mol. The standard InChI is InChI=1S/C12H12N4S/c1-16(8-11-3-2-4-17-11)12-9(6-13)5-10(14)7-15-12/h2-5,7H,8,14H2,1H3. The fraction of sp³-hybridized carbons (Fsp3) is 0.167. The Hall–Kier alpha value is -2.06. The SMILES string of the molecule is CN(Cc1cccs1)c1ncc(N)cc1C#N. The number of nitrogens with two attached hydrogens (primary N) is 1. The monoisotopic (exact) mass is 244 g/mol. The lowest BCUT2D eigenvalue weighted by Crippen LogP contribution is -2.18. The molecule has 0 aliphatic rings. The fourth-order valence-electron chi connectivity index (χ4n) is 1.57. The van der Waals surface area contributed by atoms with E-state index in [4.69, 9.17) is 11.0 Å². The Bertz CT molecular complexity index is 542. The lowest BCUT2D eigenvalue weighted by molar-refractivity contribution is 0.910. The van der Waals surface area contributed by atoms with Crippen molar-refractivity contribution in [2.45, 2.75) is 6.54 Å². The lowest BCUT2D eigenvalue weighted by Gasteiger charge is -2.18. The maximum absolute atomic E-state index is 9.05. The molecule has 0 unspecified atom stereocenters. The Morgan fingerprint density at radius 3 is 3.06 bits per heavy atom. The minimum Gasteiger partial charge on any atom is -0.397 e. The topological polar surface area (TPSA) is 65.9 Å². The second kappa shape index (κ2) is 4.85. The second-order valence-corrected chi connectivity index (χ2v) is 4.72. The quantitative estimate of drug-likeness (QED) is 0.899. The molecule has 2 heterocycles. The van der Waals surface area contributed by atoms with E-state index in [1.54, 1.807) is 23.6 Å². The van der Waals surface area contributed by atoms with E-state index in [-0.39, 0.29) is 0 Å². The third-order valence-electron chi connectivity index (χ3n) is 2.34. The van der Waals surface area contributed by atoms with E-state index in [1.165, 1.54) is 4.88 Å². The smallest absolute Gasteiger partial charge is 0.146 e. The van der Waals surface area contributed by atoms with E-state index in [9.17, 15) is 0 Å². The number of nitriles is 1. The maximum Gasteiger partial charge on any atom is 0.146 e. The minimum atomic E-state index is 0.504. The number of anilines is 2. The van der Waals surface area contributed by atoms with Gasteiger partial charge in [-0.2, -0.15) is 5.26 Å². The number of rotatable bonds is 3. The molecule has 2 aromatic heterocycles. The van der Waals surface area contributed by atoms with Crippen LogP contribution in [0.2, 0.25) is 0 Å². The Kier molecular flexibility index (Phi) is 3.26. The number of nitrogen functional groups attached to an aromatic ring is 1. The summed E-state index contributed by atoms with van der Waals surface area (Å²) in [6.45, 7) is 0.739. The molecule has 5 heteroatoms. The molecule has 0 radical (unpaired) electrons. The van der Waals surface area contributed by atoms with Gasteiger partial charge < -0.3 is 10.6 Å². The van der Waals surface area contributed by atoms with Gasteiger partial charge in [-0.3, -0.25) is 0 Å². The number of thiophene rings is 1. The second-order valence-electron chi connectivity index (χ2n) is 3.69. The molecule has 0 aliphatic carbocycles. The van der Waals surface area contributed by atoms with Crippen molar-refractivity contribution >= 4 is 22.8 Å². The van der Waals surface area contributed by atoms with Gasteiger partial charge in [0.15, 0.2) is 0 Å². The summed E-state index contributed by atoms with van der Waals surface area (Å²) in [5, 5.41) is 11.1. The van der Waals surface area contributed by atoms with Crippen molar-refractivity contribution in [3.05, 3.63) is 40.2 Å². The van der Waals surface area contributed by atoms with E-state index in [1.807, 2.05) is 23.4 Å². The summed E-state index contributed by atoms with van der Waals surface area (Å²) in [6.07, 6.45) is 1.57. The van der Waals surface area contributed by atoms with Gasteiger partial charge in [-0.1, -0.05) is 6.07 Å². The predicted molar refractivity (Wildman–Crippen MR) is 69.8 cm³/mol.